The van der Waals surface area contributed by atoms with Gasteiger partial charge in [-0.1, -0.05) is 44.7 Å². The number of amides is 1. The maximum absolute atomic E-state index is 11.7. The second-order valence-corrected chi connectivity index (χ2v) is 5.19. The summed E-state index contributed by atoms with van der Waals surface area (Å²) < 4.78 is 0. The molecule has 1 N–H and O–H groups in total. The quantitative estimate of drug-likeness (QED) is 0.407. The van der Waals surface area contributed by atoms with Gasteiger partial charge in [-0.05, 0) is 18.4 Å². The lowest BCUT2D eigenvalue weighted by Crippen LogP contribution is -2.24. The average molecular weight is 292 g/mol. The van der Waals surface area contributed by atoms with Crippen molar-refractivity contribution in [3.8, 4) is 0 Å². The van der Waals surface area contributed by atoms with Gasteiger partial charge in [0.05, 0.1) is 4.92 Å². The third-order valence-corrected chi connectivity index (χ3v) is 3.36. The van der Waals surface area contributed by atoms with Crippen LogP contribution in [0.3, 0.4) is 0 Å². The van der Waals surface area contributed by atoms with Gasteiger partial charge in [-0.2, -0.15) is 0 Å². The van der Waals surface area contributed by atoms with Crippen LogP contribution in [0, 0.1) is 10.1 Å². The molecule has 0 radical (unpaired) electrons. The topological polar surface area (TPSA) is 72.2 Å². The third-order valence-electron chi connectivity index (χ3n) is 3.36. The highest BCUT2D eigenvalue weighted by Gasteiger charge is 2.07. The van der Waals surface area contributed by atoms with Gasteiger partial charge in [0.25, 0.3) is 5.69 Å². The zero-order valence-electron chi connectivity index (χ0n) is 12.6. The van der Waals surface area contributed by atoms with Crippen LogP contribution in [0.1, 0.15) is 51.0 Å². The molecule has 1 amide bonds. The number of hydrogen-bond acceptors (Lipinski definition) is 3. The molecule has 0 aromatic heterocycles. The monoisotopic (exact) mass is 292 g/mol. The normalized spacial score (nSPS) is 10.3. The second-order valence-electron chi connectivity index (χ2n) is 5.19. The van der Waals surface area contributed by atoms with Crippen LogP contribution in [-0.4, -0.2) is 17.4 Å². The van der Waals surface area contributed by atoms with Crippen LogP contribution in [0.2, 0.25) is 0 Å². The predicted molar refractivity (Wildman–Crippen MR) is 83.2 cm³/mol. The minimum Gasteiger partial charge on any atom is -0.356 e. The van der Waals surface area contributed by atoms with Gasteiger partial charge in [0, 0.05) is 25.1 Å². The molecule has 5 nitrogen and oxygen atoms in total. The molecule has 1 aromatic carbocycles. The number of carbonyl (C=O) groups excluding carboxylic acids is 1. The van der Waals surface area contributed by atoms with E-state index in [0.717, 1.165) is 24.9 Å². The number of nitro benzene ring substituents is 1. The van der Waals surface area contributed by atoms with E-state index in [-0.39, 0.29) is 11.6 Å². The maximum atomic E-state index is 11.7. The highest BCUT2D eigenvalue weighted by atomic mass is 16.6. The van der Waals surface area contributed by atoms with Crippen LogP contribution < -0.4 is 5.32 Å². The van der Waals surface area contributed by atoms with Crippen molar-refractivity contribution < 1.29 is 9.72 Å². The van der Waals surface area contributed by atoms with E-state index < -0.39 is 4.92 Å². The molecule has 0 fully saturated rings. The third kappa shape index (κ3) is 7.44. The number of carbonyl (C=O) groups is 1. The Balaban J connectivity index is 2.21. The first-order valence-electron chi connectivity index (χ1n) is 7.63. The number of nitrogens with one attached hydrogen (secondary N) is 1. The molecule has 1 rings (SSSR count). The first kappa shape index (κ1) is 17.1. The Hall–Kier alpha value is -1.91. The zero-order valence-corrected chi connectivity index (χ0v) is 12.6. The van der Waals surface area contributed by atoms with E-state index in [0.29, 0.717) is 12.8 Å². The first-order valence-corrected chi connectivity index (χ1v) is 7.63. The van der Waals surface area contributed by atoms with Gasteiger partial charge in [0.15, 0.2) is 0 Å². The van der Waals surface area contributed by atoms with E-state index in [4.69, 9.17) is 0 Å². The summed E-state index contributed by atoms with van der Waals surface area (Å²) >= 11 is 0. The molecule has 0 heterocycles. The minimum atomic E-state index is -0.417. The second kappa shape index (κ2) is 9.91. The fraction of sp³-hybridized carbons (Fsp3) is 0.562. The van der Waals surface area contributed by atoms with E-state index in [9.17, 15) is 14.9 Å². The van der Waals surface area contributed by atoms with Gasteiger partial charge in [0.2, 0.25) is 5.91 Å². The van der Waals surface area contributed by atoms with Crippen molar-refractivity contribution in [2.24, 2.45) is 0 Å². The van der Waals surface area contributed by atoms with Crippen molar-refractivity contribution >= 4 is 11.6 Å². The Morgan fingerprint density at radius 1 is 1.24 bits per heavy atom. The lowest BCUT2D eigenvalue weighted by molar-refractivity contribution is -0.384. The van der Waals surface area contributed by atoms with Crippen LogP contribution in [0.5, 0.6) is 0 Å². The molecular weight excluding hydrogens is 268 g/mol. The number of nitro groups is 1. The van der Waals surface area contributed by atoms with E-state index >= 15 is 0 Å². The van der Waals surface area contributed by atoms with Gasteiger partial charge >= 0.3 is 0 Å². The Kier molecular flexibility index (Phi) is 8.09. The predicted octanol–water partition coefficient (Wildman–Crippen LogP) is 3.61. The van der Waals surface area contributed by atoms with Crippen LogP contribution in [-0.2, 0) is 11.2 Å². The van der Waals surface area contributed by atoms with Gasteiger partial charge in [-0.3, -0.25) is 14.9 Å². The van der Waals surface area contributed by atoms with Crippen molar-refractivity contribution in [3.05, 3.63) is 39.9 Å². The maximum Gasteiger partial charge on any atom is 0.269 e. The van der Waals surface area contributed by atoms with Crippen molar-refractivity contribution in [1.82, 2.24) is 5.32 Å². The standard InChI is InChI=1S/C16H24N2O3/c1-2-3-4-5-6-12-17-16(19)11-10-14-8-7-9-15(13-14)18(20)21/h7-9,13H,2-6,10-12H2,1H3,(H,17,19). The van der Waals surface area contributed by atoms with E-state index in [1.54, 1.807) is 6.07 Å². The van der Waals surface area contributed by atoms with Crippen LogP contribution in [0.4, 0.5) is 5.69 Å². The summed E-state index contributed by atoms with van der Waals surface area (Å²) in [6.07, 6.45) is 6.76. The highest BCUT2D eigenvalue weighted by Crippen LogP contribution is 2.14. The number of nitrogens with zero attached hydrogens (tertiary/aromatic N) is 1. The molecule has 0 bridgehead atoms. The highest BCUT2D eigenvalue weighted by molar-refractivity contribution is 5.76. The molecule has 0 unspecified atom stereocenters. The molecule has 5 heteroatoms. The molecule has 0 aliphatic carbocycles. The van der Waals surface area contributed by atoms with E-state index in [1.807, 2.05) is 6.07 Å². The van der Waals surface area contributed by atoms with Gasteiger partial charge < -0.3 is 5.32 Å². The Bertz CT molecular complexity index is 461. The molecule has 0 saturated carbocycles. The fourth-order valence-corrected chi connectivity index (χ4v) is 2.13. The molecule has 1 aromatic rings. The number of non-ortho nitro benzene ring substituents is 1. The SMILES string of the molecule is CCCCCCCNC(=O)CCc1cccc([N+](=O)[O-])c1. The largest absolute Gasteiger partial charge is 0.356 e. The van der Waals surface area contributed by atoms with Gasteiger partial charge in [-0.15, -0.1) is 0 Å². The van der Waals surface area contributed by atoms with Gasteiger partial charge in [0.1, 0.15) is 0 Å². The lowest BCUT2D eigenvalue weighted by Gasteiger charge is -2.05. The molecule has 0 aliphatic rings. The molecule has 21 heavy (non-hydrogen) atoms. The Morgan fingerprint density at radius 2 is 2.00 bits per heavy atom. The van der Waals surface area contributed by atoms with E-state index in [1.165, 1.54) is 31.4 Å². The lowest BCUT2D eigenvalue weighted by atomic mass is 10.1. The summed E-state index contributed by atoms with van der Waals surface area (Å²) in [7, 11) is 0. The first-order chi connectivity index (χ1) is 10.1. The molecule has 116 valence electrons. The van der Waals surface area contributed by atoms with Crippen molar-refractivity contribution in [1.29, 1.82) is 0 Å². The summed E-state index contributed by atoms with van der Waals surface area (Å²) in [5.41, 5.74) is 0.895. The summed E-state index contributed by atoms with van der Waals surface area (Å²) in [6, 6.07) is 6.45. The molecule has 0 atom stereocenters. The van der Waals surface area contributed by atoms with E-state index in [2.05, 4.69) is 12.2 Å². The number of hydrogen-bond donors (Lipinski definition) is 1. The van der Waals surface area contributed by atoms with Gasteiger partial charge in [-0.25, -0.2) is 0 Å². The Labute approximate surface area is 125 Å². The van der Waals surface area contributed by atoms with Crippen LogP contribution in [0.25, 0.3) is 0 Å². The Morgan fingerprint density at radius 3 is 2.71 bits per heavy atom. The number of aryl methyl sites for hydroxylation is 1. The van der Waals surface area contributed by atoms with Crippen molar-refractivity contribution in [3.63, 3.8) is 0 Å². The number of benzene rings is 1. The molecule has 0 aliphatic heterocycles. The minimum absolute atomic E-state index is 0.0111. The van der Waals surface area contributed by atoms with Crippen molar-refractivity contribution in [2.75, 3.05) is 6.54 Å². The molecular formula is C16H24N2O3. The number of unbranched alkanes of at least 4 members (excludes halogenated alkanes) is 4. The van der Waals surface area contributed by atoms with Crippen LogP contribution in [0.15, 0.2) is 24.3 Å². The van der Waals surface area contributed by atoms with Crippen molar-refractivity contribution in [2.45, 2.75) is 51.9 Å². The summed E-state index contributed by atoms with van der Waals surface area (Å²) in [6.45, 7) is 2.90. The summed E-state index contributed by atoms with van der Waals surface area (Å²) in [4.78, 5) is 21.9. The molecule has 0 saturated heterocycles. The molecule has 0 spiro atoms. The smallest absolute Gasteiger partial charge is 0.269 e. The zero-order chi connectivity index (χ0) is 15.5. The fourth-order valence-electron chi connectivity index (χ4n) is 2.13. The average Bonchev–Trinajstić information content (AvgIpc) is 2.49. The number of rotatable bonds is 10. The van der Waals surface area contributed by atoms with Crippen LogP contribution >= 0.6 is 0 Å². The summed E-state index contributed by atoms with van der Waals surface area (Å²) in [5, 5.41) is 13.6. The summed E-state index contributed by atoms with van der Waals surface area (Å²) in [5.74, 6) is 0.0111.